The maximum Gasteiger partial charge on any atom is 0.341 e. The van der Waals surface area contributed by atoms with E-state index in [0.717, 1.165) is 27.3 Å². The summed E-state index contributed by atoms with van der Waals surface area (Å²) in [7, 11) is 0. The first kappa shape index (κ1) is 28.5. The topological polar surface area (TPSA) is 99.5 Å². The number of fused-ring (bicyclic) bond motifs is 1. The number of halogens is 1. The molecule has 0 atom stereocenters. The van der Waals surface area contributed by atoms with E-state index in [-0.39, 0.29) is 24.3 Å². The van der Waals surface area contributed by atoms with Gasteiger partial charge in [0.2, 0.25) is 5.91 Å². The second kappa shape index (κ2) is 12.3. The van der Waals surface area contributed by atoms with Crippen LogP contribution in [-0.2, 0) is 16.1 Å². The molecule has 5 rings (SSSR count). The van der Waals surface area contributed by atoms with Gasteiger partial charge in [-0.2, -0.15) is 0 Å². The van der Waals surface area contributed by atoms with Gasteiger partial charge < -0.3 is 14.8 Å². The van der Waals surface area contributed by atoms with Crippen molar-refractivity contribution in [2.45, 2.75) is 27.3 Å². The molecule has 0 aliphatic heterocycles. The number of hydrogen-bond donors (Lipinski definition) is 1. The van der Waals surface area contributed by atoms with Crippen molar-refractivity contribution in [2.75, 3.05) is 18.5 Å². The number of anilines is 1. The van der Waals surface area contributed by atoms with Crippen molar-refractivity contribution in [2.24, 2.45) is 0 Å². The van der Waals surface area contributed by atoms with Crippen molar-refractivity contribution in [1.82, 2.24) is 9.55 Å². The highest BCUT2D eigenvalue weighted by molar-refractivity contribution is 7.19. The number of esters is 1. The fraction of sp³-hybridized carbons (Fsp3) is 0.200. The Morgan fingerprint density at radius 3 is 2.41 bits per heavy atom. The van der Waals surface area contributed by atoms with Gasteiger partial charge in [-0.15, -0.1) is 22.7 Å². The minimum Gasteiger partial charge on any atom is -0.494 e. The molecule has 0 bridgehead atoms. The van der Waals surface area contributed by atoms with Crippen molar-refractivity contribution in [3.8, 4) is 28.0 Å². The Hall–Kier alpha value is -3.99. The number of aromatic nitrogens is 2. The number of ether oxygens (including phenoxy) is 2. The lowest BCUT2D eigenvalue weighted by molar-refractivity contribution is -0.116. The average Bonchev–Trinajstić information content (AvgIpc) is 3.52. The molecule has 2 aromatic carbocycles. The maximum absolute atomic E-state index is 13.6. The van der Waals surface area contributed by atoms with Crippen LogP contribution in [0.5, 0.6) is 5.75 Å². The van der Waals surface area contributed by atoms with E-state index >= 15 is 0 Å². The smallest absolute Gasteiger partial charge is 0.341 e. The van der Waals surface area contributed by atoms with Crippen LogP contribution < -0.4 is 15.6 Å². The quantitative estimate of drug-likeness (QED) is 0.181. The molecule has 0 spiro atoms. The molecule has 0 saturated heterocycles. The summed E-state index contributed by atoms with van der Waals surface area (Å²) >= 11 is 8.67. The Kier molecular flexibility index (Phi) is 8.53. The Bertz CT molecular complexity index is 1790. The van der Waals surface area contributed by atoms with E-state index in [0.29, 0.717) is 32.4 Å². The van der Waals surface area contributed by atoms with Gasteiger partial charge in [0.05, 0.1) is 24.9 Å². The summed E-state index contributed by atoms with van der Waals surface area (Å²) < 4.78 is 12.1. The highest BCUT2D eigenvalue weighted by Crippen LogP contribution is 2.38. The second-order valence-electron chi connectivity index (χ2n) is 8.98. The first-order chi connectivity index (χ1) is 19.8. The zero-order chi connectivity index (χ0) is 29.1. The third-order valence-electron chi connectivity index (χ3n) is 6.30. The predicted molar refractivity (Wildman–Crippen MR) is 165 cm³/mol. The molecule has 0 fully saturated rings. The molecular formula is C30H26ClN3O5S2. The lowest BCUT2D eigenvalue weighted by atomic mass is 10.0. The SMILES string of the molecule is CCOC(=O)c1c(-c2ccc(Cl)cc2)csc1NC(=O)Cn1cnc2sc(C)c(-c3ccc(OCC)cc3)c2c1=O. The molecule has 3 aromatic heterocycles. The molecule has 0 radical (unpaired) electrons. The molecule has 11 heteroatoms. The Morgan fingerprint density at radius 2 is 1.73 bits per heavy atom. The number of aryl methyl sites for hydroxylation is 1. The number of rotatable bonds is 9. The molecular weight excluding hydrogens is 582 g/mol. The molecule has 0 saturated carbocycles. The zero-order valence-electron chi connectivity index (χ0n) is 22.5. The molecule has 1 N–H and O–H groups in total. The van der Waals surface area contributed by atoms with Gasteiger partial charge in [-0.3, -0.25) is 14.2 Å². The van der Waals surface area contributed by atoms with Gasteiger partial charge in [0.15, 0.2) is 0 Å². The summed E-state index contributed by atoms with van der Waals surface area (Å²) in [5.41, 5.74) is 2.96. The molecule has 8 nitrogen and oxygen atoms in total. The number of nitrogens with one attached hydrogen (secondary N) is 1. The normalized spacial score (nSPS) is 11.0. The Labute approximate surface area is 249 Å². The molecule has 5 aromatic rings. The van der Waals surface area contributed by atoms with Gasteiger partial charge in [-0.25, -0.2) is 9.78 Å². The number of thiophene rings is 2. The van der Waals surface area contributed by atoms with Crippen LogP contribution in [0.3, 0.4) is 0 Å². The van der Waals surface area contributed by atoms with Gasteiger partial charge in [0.25, 0.3) is 5.56 Å². The van der Waals surface area contributed by atoms with E-state index in [2.05, 4.69) is 10.3 Å². The fourth-order valence-electron chi connectivity index (χ4n) is 4.50. The lowest BCUT2D eigenvalue weighted by Gasteiger charge is -2.10. The van der Waals surface area contributed by atoms with Gasteiger partial charge in [0.1, 0.15) is 27.7 Å². The van der Waals surface area contributed by atoms with E-state index in [1.807, 2.05) is 38.1 Å². The van der Waals surface area contributed by atoms with Crippen molar-refractivity contribution in [3.63, 3.8) is 0 Å². The van der Waals surface area contributed by atoms with Crippen molar-refractivity contribution < 1.29 is 19.1 Å². The van der Waals surface area contributed by atoms with E-state index in [4.69, 9.17) is 21.1 Å². The number of benzene rings is 2. The summed E-state index contributed by atoms with van der Waals surface area (Å²) in [5.74, 6) is -0.281. The first-order valence-corrected chi connectivity index (χ1v) is 14.9. The number of carbonyl (C=O) groups is 2. The Morgan fingerprint density at radius 1 is 1.02 bits per heavy atom. The Balaban J connectivity index is 1.45. The summed E-state index contributed by atoms with van der Waals surface area (Å²) in [6, 6.07) is 14.6. The van der Waals surface area contributed by atoms with E-state index < -0.39 is 11.9 Å². The van der Waals surface area contributed by atoms with Crippen LogP contribution in [0, 0.1) is 6.92 Å². The maximum atomic E-state index is 13.6. The van der Waals surface area contributed by atoms with Gasteiger partial charge in [0, 0.05) is 26.4 Å². The lowest BCUT2D eigenvalue weighted by Crippen LogP contribution is -2.28. The van der Waals surface area contributed by atoms with Crippen molar-refractivity contribution >= 4 is 61.4 Å². The first-order valence-electron chi connectivity index (χ1n) is 12.9. The monoisotopic (exact) mass is 607 g/mol. The van der Waals surface area contributed by atoms with Gasteiger partial charge >= 0.3 is 5.97 Å². The largest absolute Gasteiger partial charge is 0.494 e. The van der Waals surface area contributed by atoms with Gasteiger partial charge in [-0.05, 0) is 56.2 Å². The molecule has 210 valence electrons. The van der Waals surface area contributed by atoms with Crippen LogP contribution in [0.1, 0.15) is 29.1 Å². The molecule has 0 aliphatic rings. The minimum atomic E-state index is -0.553. The van der Waals surface area contributed by atoms with Crippen LogP contribution in [0.25, 0.3) is 32.5 Å². The van der Waals surface area contributed by atoms with E-state index in [1.54, 1.807) is 36.6 Å². The minimum absolute atomic E-state index is 0.181. The number of nitrogens with zero attached hydrogens (tertiary/aromatic N) is 2. The number of amides is 1. The molecule has 3 heterocycles. The van der Waals surface area contributed by atoms with Crippen LogP contribution in [0.4, 0.5) is 5.00 Å². The fourth-order valence-corrected chi connectivity index (χ4v) is 6.60. The zero-order valence-corrected chi connectivity index (χ0v) is 24.9. The summed E-state index contributed by atoms with van der Waals surface area (Å²) in [5, 5.41) is 5.94. The van der Waals surface area contributed by atoms with Crippen molar-refractivity contribution in [1.29, 1.82) is 0 Å². The average molecular weight is 608 g/mol. The molecule has 41 heavy (non-hydrogen) atoms. The summed E-state index contributed by atoms with van der Waals surface area (Å²) in [4.78, 5) is 45.7. The number of hydrogen-bond acceptors (Lipinski definition) is 8. The summed E-state index contributed by atoms with van der Waals surface area (Å²) in [6.07, 6.45) is 1.38. The standard InChI is InChI=1S/C30H26ClN3O5S2/c1-4-38-21-12-8-19(9-13-21)24-17(3)41-27-26(24)29(36)34(16-32-27)14-23(35)33-28-25(30(37)39-5-2)22(15-40-28)18-6-10-20(31)11-7-18/h6-13,15-16H,4-5,14H2,1-3H3,(H,33,35). The predicted octanol–water partition coefficient (Wildman–Crippen LogP) is 7.03. The second-order valence-corrected chi connectivity index (χ2v) is 11.5. The van der Waals surface area contributed by atoms with Crippen molar-refractivity contribution in [3.05, 3.63) is 86.1 Å². The van der Waals surface area contributed by atoms with Crippen LogP contribution in [0.15, 0.2) is 65.0 Å². The third-order valence-corrected chi connectivity index (χ3v) is 8.46. The summed E-state index contributed by atoms with van der Waals surface area (Å²) in [6.45, 7) is 6.04. The number of carbonyl (C=O) groups excluding carboxylic acids is 2. The third kappa shape index (κ3) is 5.90. The molecule has 0 aliphatic carbocycles. The van der Waals surface area contributed by atoms with Crippen LogP contribution in [0.2, 0.25) is 5.02 Å². The van der Waals surface area contributed by atoms with E-state index in [9.17, 15) is 14.4 Å². The van der Waals surface area contributed by atoms with Crippen LogP contribution >= 0.6 is 34.3 Å². The van der Waals surface area contributed by atoms with Crippen LogP contribution in [-0.4, -0.2) is 34.6 Å². The highest BCUT2D eigenvalue weighted by Gasteiger charge is 2.24. The molecule has 1 amide bonds. The molecule has 0 unspecified atom stereocenters. The van der Waals surface area contributed by atoms with E-state index in [1.165, 1.54) is 33.6 Å². The highest BCUT2D eigenvalue weighted by atomic mass is 35.5. The van der Waals surface area contributed by atoms with Gasteiger partial charge in [-0.1, -0.05) is 35.9 Å².